The molecule has 2 saturated heterocycles. The fourth-order valence-corrected chi connectivity index (χ4v) is 7.02. The Morgan fingerprint density at radius 2 is 1.20 bits per heavy atom. The molecular weight excluding hydrogens is 823 g/mol. The molecule has 0 radical (unpaired) electrons. The number of aromatic nitrogens is 4. The normalized spacial score (nSPS) is 26.9. The lowest BCUT2D eigenvalue weighted by Gasteiger charge is -2.41. The molecule has 0 aliphatic carbocycles. The van der Waals surface area contributed by atoms with Crippen molar-refractivity contribution in [1.82, 2.24) is 19.1 Å². The SMILES string of the molecule is CC(=O)O[C@@H]1[C@H](OC(C)=O)[C@H](OC(C)=O)CO[C@H]1n1c(Br)nc2ccc(Cl)cc21.O[C@@H]1[C@H](O)[C@H](O)CO[C@H]1n1c(Br)nc2ccc(Cl)cc21. The minimum Gasteiger partial charge on any atom is -0.456 e. The quantitative estimate of drug-likeness (QED) is 0.194. The zero-order chi connectivity index (χ0) is 35.7. The minimum atomic E-state index is -1.28. The fraction of sp³-hybridized carbons (Fsp3) is 0.433. The average Bonchev–Trinajstić information content (AvgIpc) is 3.51. The largest absolute Gasteiger partial charge is 0.456 e. The van der Waals surface area contributed by atoms with Crippen molar-refractivity contribution >= 4 is 95.0 Å². The number of fused-ring (bicyclic) bond motifs is 2. The molecule has 4 aromatic rings. The van der Waals surface area contributed by atoms with Gasteiger partial charge in [-0.1, -0.05) is 23.2 Å². The summed E-state index contributed by atoms with van der Waals surface area (Å²) in [6, 6.07) is 10.3. The molecular formula is C30H30Br2Cl2N4O11. The highest BCUT2D eigenvalue weighted by molar-refractivity contribution is 9.10. The maximum Gasteiger partial charge on any atom is 0.303 e. The molecule has 0 amide bonds. The maximum absolute atomic E-state index is 11.8. The standard InChI is InChI=1S/C18H18BrClN2O7.C12H12BrClN2O4/c1-8(23)27-14-7-26-17(16(29-10(3)25)15(14)28-9(2)24)22-13-6-11(20)4-5-12(13)21-18(22)19;13-12-15-6-2-1-5(14)3-7(6)16(12)11-10(19)9(18)8(17)4-20-11/h4-6,14-17H,7H2,1-3H3;1-3,8-11,17-19H,4H2/t14-,15-,16-,17-;8-,9-,10-,11-/m11/s1. The number of carbonyl (C=O) groups is 3. The predicted octanol–water partition coefficient (Wildman–Crippen LogP) is 3.84. The Labute approximate surface area is 305 Å². The first-order valence-electron chi connectivity index (χ1n) is 14.6. The van der Waals surface area contributed by atoms with Crippen LogP contribution >= 0.6 is 55.1 Å². The molecule has 49 heavy (non-hydrogen) atoms. The van der Waals surface area contributed by atoms with Gasteiger partial charge in [0, 0.05) is 30.8 Å². The summed E-state index contributed by atoms with van der Waals surface area (Å²) in [6.07, 6.45) is -8.58. The van der Waals surface area contributed by atoms with Crippen LogP contribution in [0.2, 0.25) is 10.0 Å². The van der Waals surface area contributed by atoms with Crippen LogP contribution in [-0.2, 0) is 38.1 Å². The van der Waals surface area contributed by atoms with Gasteiger partial charge in [0.25, 0.3) is 0 Å². The first-order valence-corrected chi connectivity index (χ1v) is 17.0. The Kier molecular flexibility index (Phi) is 11.9. The number of imidazole rings is 2. The molecule has 19 heteroatoms. The van der Waals surface area contributed by atoms with E-state index >= 15 is 0 Å². The summed E-state index contributed by atoms with van der Waals surface area (Å²) in [7, 11) is 0. The van der Waals surface area contributed by atoms with E-state index in [-0.39, 0.29) is 13.2 Å². The van der Waals surface area contributed by atoms with Crippen molar-refractivity contribution < 1.29 is 53.4 Å². The third-order valence-corrected chi connectivity index (χ3v) is 9.11. The number of rotatable bonds is 5. The highest BCUT2D eigenvalue weighted by Gasteiger charge is 2.48. The molecule has 4 heterocycles. The number of ether oxygens (including phenoxy) is 5. The number of aliphatic hydroxyl groups is 3. The van der Waals surface area contributed by atoms with Gasteiger partial charge < -0.3 is 39.0 Å². The highest BCUT2D eigenvalue weighted by Crippen LogP contribution is 2.36. The molecule has 2 aromatic carbocycles. The van der Waals surface area contributed by atoms with E-state index in [0.717, 1.165) is 0 Å². The topological polar surface area (TPSA) is 194 Å². The maximum atomic E-state index is 11.8. The number of aliphatic hydroxyl groups excluding tert-OH is 3. The van der Waals surface area contributed by atoms with Crippen LogP contribution in [0.1, 0.15) is 33.2 Å². The van der Waals surface area contributed by atoms with Gasteiger partial charge in [0.1, 0.15) is 18.3 Å². The van der Waals surface area contributed by atoms with Crippen LogP contribution < -0.4 is 0 Å². The lowest BCUT2D eigenvalue weighted by Crippen LogP contribution is -2.55. The predicted molar refractivity (Wildman–Crippen MR) is 180 cm³/mol. The van der Waals surface area contributed by atoms with E-state index in [1.54, 1.807) is 45.5 Å². The smallest absolute Gasteiger partial charge is 0.303 e. The van der Waals surface area contributed by atoms with Crippen LogP contribution in [0.4, 0.5) is 0 Å². The number of carbonyl (C=O) groups excluding carboxylic acids is 3. The van der Waals surface area contributed by atoms with E-state index in [2.05, 4.69) is 41.8 Å². The van der Waals surface area contributed by atoms with Crippen LogP contribution in [0.25, 0.3) is 22.1 Å². The van der Waals surface area contributed by atoms with E-state index in [0.29, 0.717) is 41.6 Å². The van der Waals surface area contributed by atoms with Gasteiger partial charge in [-0.25, -0.2) is 9.97 Å². The van der Waals surface area contributed by atoms with Crippen molar-refractivity contribution in [2.75, 3.05) is 13.2 Å². The molecule has 6 rings (SSSR count). The molecule has 2 aliphatic rings. The van der Waals surface area contributed by atoms with E-state index < -0.39 is 67.0 Å². The lowest BCUT2D eigenvalue weighted by molar-refractivity contribution is -0.239. The number of benzene rings is 2. The van der Waals surface area contributed by atoms with Crippen molar-refractivity contribution in [1.29, 1.82) is 0 Å². The monoisotopic (exact) mass is 850 g/mol. The molecule has 2 aromatic heterocycles. The third-order valence-electron chi connectivity index (χ3n) is 7.52. The Morgan fingerprint density at radius 1 is 0.735 bits per heavy atom. The van der Waals surface area contributed by atoms with E-state index in [1.165, 1.54) is 20.8 Å². The summed E-state index contributed by atoms with van der Waals surface area (Å²) >= 11 is 18.8. The van der Waals surface area contributed by atoms with Crippen LogP contribution in [0, 0.1) is 0 Å². The van der Waals surface area contributed by atoms with Crippen molar-refractivity contribution in [2.24, 2.45) is 0 Å². The van der Waals surface area contributed by atoms with Gasteiger partial charge >= 0.3 is 17.9 Å². The first kappa shape index (κ1) is 37.4. The molecule has 15 nitrogen and oxygen atoms in total. The lowest BCUT2D eigenvalue weighted by atomic mass is 10.0. The van der Waals surface area contributed by atoms with Crippen molar-refractivity contribution in [3.63, 3.8) is 0 Å². The molecule has 0 unspecified atom stereocenters. The summed E-state index contributed by atoms with van der Waals surface area (Å²) in [4.78, 5) is 43.7. The molecule has 0 saturated carbocycles. The van der Waals surface area contributed by atoms with Crippen molar-refractivity contribution in [3.05, 3.63) is 55.9 Å². The number of halogens is 4. The zero-order valence-corrected chi connectivity index (χ0v) is 30.6. The Bertz CT molecular complexity index is 1870. The molecule has 3 N–H and O–H groups in total. The molecule has 2 fully saturated rings. The average molecular weight is 853 g/mol. The summed E-state index contributed by atoms with van der Waals surface area (Å²) in [5.74, 6) is -1.83. The molecule has 264 valence electrons. The van der Waals surface area contributed by atoms with Gasteiger partial charge in [-0.15, -0.1) is 0 Å². The summed E-state index contributed by atoms with van der Waals surface area (Å²) in [6.45, 7) is 3.49. The summed E-state index contributed by atoms with van der Waals surface area (Å²) in [5.41, 5.74) is 2.58. The van der Waals surface area contributed by atoms with Crippen molar-refractivity contribution in [2.45, 2.75) is 69.9 Å². The second-order valence-corrected chi connectivity index (χ2v) is 13.4. The Hall–Kier alpha value is -2.87. The number of esters is 3. The number of nitrogens with zero attached hydrogens (tertiary/aromatic N) is 4. The fourth-order valence-electron chi connectivity index (χ4n) is 5.52. The zero-order valence-electron chi connectivity index (χ0n) is 25.9. The molecule has 8 atom stereocenters. The van der Waals surface area contributed by atoms with Crippen molar-refractivity contribution in [3.8, 4) is 0 Å². The van der Waals surface area contributed by atoms with Crippen LogP contribution in [-0.4, -0.2) is 102 Å². The van der Waals surface area contributed by atoms with Gasteiger partial charge in [-0.2, -0.15) is 0 Å². The second-order valence-electron chi connectivity index (χ2n) is 11.1. The molecule has 0 bridgehead atoms. The van der Waals surface area contributed by atoms with Crippen LogP contribution in [0.15, 0.2) is 45.9 Å². The summed E-state index contributed by atoms with van der Waals surface area (Å²) < 4.78 is 31.5. The van der Waals surface area contributed by atoms with Gasteiger partial charge in [0.2, 0.25) is 0 Å². The highest BCUT2D eigenvalue weighted by atomic mass is 79.9. The Balaban J connectivity index is 0.000000204. The Morgan fingerprint density at radius 3 is 1.71 bits per heavy atom. The van der Waals surface area contributed by atoms with Gasteiger partial charge in [0.05, 0.1) is 35.3 Å². The van der Waals surface area contributed by atoms with E-state index in [1.807, 2.05) is 0 Å². The minimum absolute atomic E-state index is 0.0738. The first-order chi connectivity index (χ1) is 23.2. The molecule has 2 aliphatic heterocycles. The molecule has 0 spiro atoms. The van der Waals surface area contributed by atoms with Crippen LogP contribution in [0.3, 0.4) is 0 Å². The summed E-state index contributed by atoms with van der Waals surface area (Å²) in [5, 5.41) is 30.4. The van der Waals surface area contributed by atoms with Gasteiger partial charge in [-0.05, 0) is 68.3 Å². The number of hydrogen-bond acceptors (Lipinski definition) is 13. The number of hydrogen-bond donors (Lipinski definition) is 3. The van der Waals surface area contributed by atoms with Gasteiger partial charge in [-0.3, -0.25) is 23.5 Å². The van der Waals surface area contributed by atoms with Crippen LogP contribution in [0.5, 0.6) is 0 Å². The second kappa shape index (κ2) is 15.6. The third kappa shape index (κ3) is 8.21. The van der Waals surface area contributed by atoms with E-state index in [9.17, 15) is 29.7 Å². The van der Waals surface area contributed by atoms with Gasteiger partial charge in [0.15, 0.2) is 40.2 Å². The van der Waals surface area contributed by atoms with E-state index in [4.69, 9.17) is 46.9 Å².